The van der Waals surface area contributed by atoms with E-state index in [4.69, 9.17) is 10.2 Å². The van der Waals surface area contributed by atoms with Gasteiger partial charge in [0.25, 0.3) is 0 Å². The van der Waals surface area contributed by atoms with Gasteiger partial charge >= 0.3 is 0 Å². The number of nitrogens with two attached hydrogens (primary N) is 1. The van der Waals surface area contributed by atoms with E-state index in [1.807, 2.05) is 0 Å². The molecule has 0 fully saturated rings. The maximum atomic E-state index is 14.2. The number of carbonyl (C=O) groups is 1. The third kappa shape index (κ3) is 4.33. The number of hydrogen-bond acceptors (Lipinski definition) is 7. The third-order valence-corrected chi connectivity index (χ3v) is 4.49. The zero-order valence-electron chi connectivity index (χ0n) is 15.9. The van der Waals surface area contributed by atoms with E-state index in [-0.39, 0.29) is 30.3 Å². The molecule has 7 nitrogen and oxygen atoms in total. The molecule has 3 aromatic heterocycles. The fraction of sp³-hybridized carbons (Fsp3) is 0.0909. The van der Waals surface area contributed by atoms with Gasteiger partial charge in [-0.25, -0.2) is 19.3 Å². The van der Waals surface area contributed by atoms with Crippen molar-refractivity contribution in [1.82, 2.24) is 15.0 Å². The maximum Gasteiger partial charge on any atom is 0.187 e. The highest BCUT2D eigenvalue weighted by Gasteiger charge is 2.13. The number of furan rings is 1. The van der Waals surface area contributed by atoms with Gasteiger partial charge in [-0.3, -0.25) is 4.79 Å². The van der Waals surface area contributed by atoms with Gasteiger partial charge in [0.1, 0.15) is 23.0 Å². The van der Waals surface area contributed by atoms with Crippen molar-refractivity contribution < 1.29 is 13.6 Å². The average Bonchev–Trinajstić information content (AvgIpc) is 3.30. The van der Waals surface area contributed by atoms with Crippen LogP contribution in [-0.2, 0) is 13.0 Å². The third-order valence-electron chi connectivity index (χ3n) is 4.49. The molecule has 0 saturated heterocycles. The molecule has 0 aliphatic carbocycles. The molecule has 0 unspecified atom stereocenters. The van der Waals surface area contributed by atoms with E-state index >= 15 is 0 Å². The molecule has 0 aliphatic heterocycles. The number of halogens is 1. The van der Waals surface area contributed by atoms with E-state index in [0.717, 1.165) is 0 Å². The Morgan fingerprint density at radius 3 is 2.73 bits per heavy atom. The molecule has 0 radical (unpaired) electrons. The molecule has 0 spiro atoms. The van der Waals surface area contributed by atoms with Gasteiger partial charge in [-0.15, -0.1) is 0 Å². The van der Waals surface area contributed by atoms with Crippen LogP contribution in [0, 0.1) is 5.82 Å². The second-order valence-electron chi connectivity index (χ2n) is 6.58. The summed E-state index contributed by atoms with van der Waals surface area (Å²) < 4.78 is 19.5. The summed E-state index contributed by atoms with van der Waals surface area (Å²) in [4.78, 5) is 25.0. The number of ketones is 1. The fourth-order valence-corrected chi connectivity index (χ4v) is 2.93. The predicted octanol–water partition coefficient (Wildman–Crippen LogP) is 3.89. The van der Waals surface area contributed by atoms with E-state index < -0.39 is 0 Å². The molecule has 150 valence electrons. The molecule has 0 bridgehead atoms. The molecule has 3 heterocycles. The second-order valence-corrected chi connectivity index (χ2v) is 6.58. The van der Waals surface area contributed by atoms with Gasteiger partial charge in [-0.2, -0.15) is 0 Å². The van der Waals surface area contributed by atoms with Crippen molar-refractivity contribution in [2.45, 2.75) is 13.0 Å². The summed E-state index contributed by atoms with van der Waals surface area (Å²) in [5.74, 6) is 0.325. The molecule has 1 aromatic carbocycles. The summed E-state index contributed by atoms with van der Waals surface area (Å²) in [6.07, 6.45) is 6.11. The van der Waals surface area contributed by atoms with Gasteiger partial charge in [0.05, 0.1) is 24.3 Å². The first-order chi connectivity index (χ1) is 14.6. The Kier molecular flexibility index (Phi) is 5.47. The largest absolute Gasteiger partial charge is 0.463 e. The topological polar surface area (TPSA) is 107 Å². The molecule has 4 aromatic rings. The van der Waals surface area contributed by atoms with Crippen molar-refractivity contribution in [3.05, 3.63) is 90.0 Å². The normalized spacial score (nSPS) is 10.7. The van der Waals surface area contributed by atoms with Gasteiger partial charge in [0, 0.05) is 24.7 Å². The van der Waals surface area contributed by atoms with Crippen LogP contribution in [0.1, 0.15) is 21.6 Å². The van der Waals surface area contributed by atoms with Gasteiger partial charge in [-0.05, 0) is 35.9 Å². The fourth-order valence-electron chi connectivity index (χ4n) is 2.93. The minimum absolute atomic E-state index is 0.0804. The highest BCUT2D eigenvalue weighted by Crippen LogP contribution is 2.19. The molecule has 0 aliphatic rings. The van der Waals surface area contributed by atoms with Crippen LogP contribution in [0.4, 0.5) is 15.9 Å². The maximum absolute atomic E-state index is 14.2. The lowest BCUT2D eigenvalue weighted by Crippen LogP contribution is -2.09. The predicted molar refractivity (Wildman–Crippen MR) is 110 cm³/mol. The Morgan fingerprint density at radius 1 is 1.10 bits per heavy atom. The summed E-state index contributed by atoms with van der Waals surface area (Å²) in [5.41, 5.74) is 8.28. The molecule has 0 atom stereocenters. The van der Waals surface area contributed by atoms with Crippen molar-refractivity contribution in [2.24, 2.45) is 0 Å². The van der Waals surface area contributed by atoms with E-state index in [9.17, 15) is 9.18 Å². The number of carbonyl (C=O) groups excluding carboxylic acids is 1. The number of benzene rings is 1. The number of pyridine rings is 1. The van der Waals surface area contributed by atoms with E-state index in [1.165, 1.54) is 18.5 Å². The molecular weight excluding hydrogens is 385 g/mol. The summed E-state index contributed by atoms with van der Waals surface area (Å²) in [7, 11) is 0. The van der Waals surface area contributed by atoms with Crippen LogP contribution in [0.25, 0.3) is 11.5 Å². The van der Waals surface area contributed by atoms with Gasteiger partial charge in [0.15, 0.2) is 11.5 Å². The molecule has 8 heteroatoms. The van der Waals surface area contributed by atoms with Crippen LogP contribution in [0.3, 0.4) is 0 Å². The van der Waals surface area contributed by atoms with Crippen LogP contribution in [-0.4, -0.2) is 20.7 Å². The summed E-state index contributed by atoms with van der Waals surface area (Å²) in [5, 5.41) is 3.06. The molecule has 0 amide bonds. The number of nitrogens with zero attached hydrogens (tertiary/aromatic N) is 3. The first-order valence-corrected chi connectivity index (χ1v) is 9.21. The first kappa shape index (κ1) is 19.3. The summed E-state index contributed by atoms with van der Waals surface area (Å²) in [6.45, 7) is 0.210. The number of rotatable bonds is 7. The Balaban J connectivity index is 1.44. The van der Waals surface area contributed by atoms with E-state index in [0.29, 0.717) is 34.1 Å². The van der Waals surface area contributed by atoms with Gasteiger partial charge in [0.2, 0.25) is 0 Å². The highest BCUT2D eigenvalue weighted by atomic mass is 19.1. The Labute approximate surface area is 171 Å². The lowest BCUT2D eigenvalue weighted by Gasteiger charge is -2.10. The number of nitrogens with one attached hydrogen (secondary N) is 1. The minimum atomic E-state index is -0.372. The van der Waals surface area contributed by atoms with Crippen LogP contribution < -0.4 is 11.1 Å². The monoisotopic (exact) mass is 403 g/mol. The van der Waals surface area contributed by atoms with Crippen molar-refractivity contribution in [3.8, 4) is 11.5 Å². The van der Waals surface area contributed by atoms with Crippen molar-refractivity contribution >= 4 is 17.3 Å². The van der Waals surface area contributed by atoms with Gasteiger partial charge in [-0.1, -0.05) is 12.1 Å². The van der Waals surface area contributed by atoms with Crippen LogP contribution >= 0.6 is 0 Å². The Hall–Kier alpha value is -4.07. The zero-order chi connectivity index (χ0) is 20.9. The number of anilines is 2. The van der Waals surface area contributed by atoms with Gasteiger partial charge < -0.3 is 15.5 Å². The molecule has 4 rings (SSSR count). The quantitative estimate of drug-likeness (QED) is 0.451. The zero-order valence-corrected chi connectivity index (χ0v) is 15.9. The number of nitrogen functional groups attached to an aromatic ring is 1. The second kappa shape index (κ2) is 8.52. The SMILES string of the molecule is Nc1ncccc1NCc1cc(CC(=O)c2cnc(-c3ccco3)cn2)ccc1F. The molecule has 0 saturated carbocycles. The van der Waals surface area contributed by atoms with Crippen molar-refractivity contribution in [1.29, 1.82) is 0 Å². The Morgan fingerprint density at radius 2 is 2.00 bits per heavy atom. The van der Waals surface area contributed by atoms with E-state index in [2.05, 4.69) is 20.3 Å². The lowest BCUT2D eigenvalue weighted by atomic mass is 10.0. The minimum Gasteiger partial charge on any atom is -0.463 e. The van der Waals surface area contributed by atoms with Crippen molar-refractivity contribution in [2.75, 3.05) is 11.1 Å². The first-order valence-electron chi connectivity index (χ1n) is 9.21. The lowest BCUT2D eigenvalue weighted by molar-refractivity contribution is 0.0988. The number of hydrogen-bond donors (Lipinski definition) is 2. The number of Topliss-reactive ketones (excluding diaryl/α,β-unsaturated/α-hetero) is 1. The van der Waals surface area contributed by atoms with Crippen molar-refractivity contribution in [3.63, 3.8) is 0 Å². The standard InChI is InChI=1S/C22H18FN5O2/c23-16-6-5-14(9-15(16)11-26-17-3-1-7-25-22(17)24)10-20(29)18-12-28-19(13-27-18)21-4-2-8-30-21/h1-9,12-13,26H,10-11H2,(H2,24,25). The van der Waals surface area contributed by atoms with E-state index in [1.54, 1.807) is 48.9 Å². The highest BCUT2D eigenvalue weighted by molar-refractivity contribution is 5.95. The average molecular weight is 403 g/mol. The van der Waals surface area contributed by atoms with Crippen LogP contribution in [0.15, 0.2) is 71.7 Å². The molecular formula is C22H18FN5O2. The van der Waals surface area contributed by atoms with Crippen LogP contribution in [0.5, 0.6) is 0 Å². The Bertz CT molecular complexity index is 1160. The number of aromatic nitrogens is 3. The molecule has 3 N–H and O–H groups in total. The summed E-state index contributed by atoms with van der Waals surface area (Å²) >= 11 is 0. The van der Waals surface area contributed by atoms with Crippen LogP contribution in [0.2, 0.25) is 0 Å². The molecule has 30 heavy (non-hydrogen) atoms. The summed E-state index contributed by atoms with van der Waals surface area (Å²) in [6, 6.07) is 11.6. The smallest absolute Gasteiger partial charge is 0.187 e.